The van der Waals surface area contributed by atoms with Gasteiger partial charge in [-0.3, -0.25) is 0 Å². The standard InChI is InChI=1S/C8H6NS/c9-6-8(10)7-4-2-1-3-5-7/h1-5,8H. The lowest BCUT2D eigenvalue weighted by Gasteiger charge is -1.97. The lowest BCUT2D eigenvalue weighted by molar-refractivity contribution is 1.24. The number of hydrogen-bond acceptors (Lipinski definition) is 1. The zero-order valence-corrected chi connectivity index (χ0v) is 6.14. The van der Waals surface area contributed by atoms with Crippen molar-refractivity contribution in [3.05, 3.63) is 35.9 Å². The Hall–Kier alpha value is -0.940. The molecule has 1 aromatic rings. The van der Waals surface area contributed by atoms with Crippen LogP contribution in [0.2, 0.25) is 0 Å². The largest absolute Gasteiger partial charge is 0.197 e. The van der Waals surface area contributed by atoms with Crippen LogP contribution >= 0.6 is 12.6 Å². The molecule has 49 valence electrons. The van der Waals surface area contributed by atoms with Crippen molar-refractivity contribution in [2.45, 2.75) is 5.25 Å². The second-order valence-electron chi connectivity index (χ2n) is 1.92. The smallest absolute Gasteiger partial charge is 0.127 e. The first-order valence-electron chi connectivity index (χ1n) is 2.95. The van der Waals surface area contributed by atoms with Gasteiger partial charge in [0.25, 0.3) is 0 Å². The molecule has 1 radical (unpaired) electrons. The van der Waals surface area contributed by atoms with Crippen molar-refractivity contribution in [2.75, 3.05) is 0 Å². The first kappa shape index (κ1) is 7.17. The zero-order valence-electron chi connectivity index (χ0n) is 5.32. The SMILES string of the molecule is N#CC([S])c1ccccc1. The third-order valence-corrected chi connectivity index (χ3v) is 1.60. The lowest BCUT2D eigenvalue weighted by Crippen LogP contribution is -1.83. The van der Waals surface area contributed by atoms with E-state index in [4.69, 9.17) is 17.9 Å². The van der Waals surface area contributed by atoms with Crippen molar-refractivity contribution in [1.82, 2.24) is 0 Å². The molecule has 2 heteroatoms. The molecule has 0 saturated heterocycles. The molecular formula is C8H6NS. The number of nitriles is 1. The maximum absolute atomic E-state index is 8.43. The van der Waals surface area contributed by atoms with E-state index in [9.17, 15) is 0 Å². The molecule has 0 spiro atoms. The molecule has 1 nitrogen and oxygen atoms in total. The maximum atomic E-state index is 8.43. The summed E-state index contributed by atoms with van der Waals surface area (Å²) in [6.45, 7) is 0. The predicted molar refractivity (Wildman–Crippen MR) is 42.4 cm³/mol. The van der Waals surface area contributed by atoms with Crippen LogP contribution in [0.15, 0.2) is 30.3 Å². The molecule has 0 aromatic heterocycles. The number of rotatable bonds is 1. The highest BCUT2D eigenvalue weighted by molar-refractivity contribution is 7.80. The molecule has 10 heavy (non-hydrogen) atoms. The fraction of sp³-hybridized carbons (Fsp3) is 0.125. The molecule has 0 heterocycles. The minimum atomic E-state index is -0.402. The van der Waals surface area contributed by atoms with Gasteiger partial charge in [0.1, 0.15) is 5.25 Å². The molecular weight excluding hydrogens is 142 g/mol. The molecule has 0 amide bonds. The quantitative estimate of drug-likeness (QED) is 0.600. The Morgan fingerprint density at radius 1 is 1.30 bits per heavy atom. The van der Waals surface area contributed by atoms with E-state index in [0.29, 0.717) is 0 Å². The molecule has 0 bridgehead atoms. The minimum Gasteiger partial charge on any atom is -0.197 e. The normalized spacial score (nSPS) is 12.0. The summed E-state index contributed by atoms with van der Waals surface area (Å²) in [5, 5.41) is 8.03. The molecule has 1 unspecified atom stereocenters. The molecule has 1 atom stereocenters. The Morgan fingerprint density at radius 2 is 1.90 bits per heavy atom. The van der Waals surface area contributed by atoms with Crippen LogP contribution in [0.3, 0.4) is 0 Å². The van der Waals surface area contributed by atoms with Gasteiger partial charge in [0.05, 0.1) is 6.07 Å². The fourth-order valence-electron chi connectivity index (χ4n) is 0.702. The predicted octanol–water partition coefficient (Wildman–Crippen LogP) is 2.45. The van der Waals surface area contributed by atoms with Crippen LogP contribution in [0.4, 0.5) is 0 Å². The van der Waals surface area contributed by atoms with Crippen LogP contribution in [-0.4, -0.2) is 0 Å². The van der Waals surface area contributed by atoms with Crippen molar-refractivity contribution in [1.29, 1.82) is 5.26 Å². The van der Waals surface area contributed by atoms with E-state index in [1.807, 2.05) is 36.4 Å². The Morgan fingerprint density at radius 3 is 2.40 bits per heavy atom. The van der Waals surface area contributed by atoms with E-state index < -0.39 is 5.25 Å². The van der Waals surface area contributed by atoms with E-state index in [0.717, 1.165) is 5.56 Å². The lowest BCUT2D eigenvalue weighted by atomic mass is 10.2. The van der Waals surface area contributed by atoms with Gasteiger partial charge in [-0.1, -0.05) is 43.0 Å². The highest BCUT2D eigenvalue weighted by Crippen LogP contribution is 2.16. The van der Waals surface area contributed by atoms with Gasteiger partial charge in [0, 0.05) is 0 Å². The maximum Gasteiger partial charge on any atom is 0.127 e. The summed E-state index contributed by atoms with van der Waals surface area (Å²) in [4.78, 5) is 0. The van der Waals surface area contributed by atoms with Crippen LogP contribution in [0.5, 0.6) is 0 Å². The first-order valence-corrected chi connectivity index (χ1v) is 3.42. The number of hydrogen-bond donors (Lipinski definition) is 0. The van der Waals surface area contributed by atoms with Crippen LogP contribution in [0.25, 0.3) is 0 Å². The number of benzene rings is 1. The molecule has 1 aromatic carbocycles. The summed E-state index contributed by atoms with van der Waals surface area (Å²) in [7, 11) is 0. The van der Waals surface area contributed by atoms with Gasteiger partial charge in [-0.25, -0.2) is 0 Å². The molecule has 0 aliphatic heterocycles. The highest BCUT2D eigenvalue weighted by atomic mass is 32.1. The van der Waals surface area contributed by atoms with Crippen molar-refractivity contribution in [2.24, 2.45) is 0 Å². The van der Waals surface area contributed by atoms with E-state index in [2.05, 4.69) is 0 Å². The van der Waals surface area contributed by atoms with Gasteiger partial charge in [-0.05, 0) is 5.56 Å². The zero-order chi connectivity index (χ0) is 7.40. The summed E-state index contributed by atoms with van der Waals surface area (Å²) in [5.74, 6) is 0. The third kappa shape index (κ3) is 1.52. The van der Waals surface area contributed by atoms with Gasteiger partial charge >= 0.3 is 0 Å². The van der Waals surface area contributed by atoms with E-state index in [1.165, 1.54) is 0 Å². The van der Waals surface area contributed by atoms with Gasteiger partial charge in [-0.2, -0.15) is 5.26 Å². The summed E-state index contributed by atoms with van der Waals surface area (Å²) < 4.78 is 0. The van der Waals surface area contributed by atoms with Gasteiger partial charge in [-0.15, -0.1) is 0 Å². The van der Waals surface area contributed by atoms with E-state index in [1.54, 1.807) is 0 Å². The summed E-state index contributed by atoms with van der Waals surface area (Å²) in [6, 6.07) is 11.4. The average Bonchev–Trinajstić information content (AvgIpc) is 2.05. The molecule has 0 aliphatic carbocycles. The summed E-state index contributed by atoms with van der Waals surface area (Å²) in [6.07, 6.45) is 0. The van der Waals surface area contributed by atoms with Crippen LogP contribution in [0, 0.1) is 11.3 Å². The average molecular weight is 148 g/mol. The second-order valence-corrected chi connectivity index (χ2v) is 2.39. The first-order chi connectivity index (χ1) is 4.84. The monoisotopic (exact) mass is 148 g/mol. The van der Waals surface area contributed by atoms with Crippen molar-refractivity contribution in [3.8, 4) is 6.07 Å². The van der Waals surface area contributed by atoms with E-state index in [-0.39, 0.29) is 0 Å². The molecule has 0 saturated carbocycles. The molecule has 0 aliphatic rings. The topological polar surface area (TPSA) is 23.8 Å². The van der Waals surface area contributed by atoms with Gasteiger partial charge in [0.2, 0.25) is 0 Å². The Kier molecular flexibility index (Phi) is 2.35. The minimum absolute atomic E-state index is 0.402. The van der Waals surface area contributed by atoms with Gasteiger partial charge in [0.15, 0.2) is 0 Å². The Balaban J connectivity index is 2.88. The van der Waals surface area contributed by atoms with E-state index >= 15 is 0 Å². The molecule has 0 fully saturated rings. The van der Waals surface area contributed by atoms with Crippen molar-refractivity contribution in [3.63, 3.8) is 0 Å². The number of nitrogens with zero attached hydrogens (tertiary/aromatic N) is 1. The molecule has 1 rings (SSSR count). The Bertz CT molecular complexity index is 237. The summed E-state index contributed by atoms with van der Waals surface area (Å²) >= 11 is 4.84. The fourth-order valence-corrected chi connectivity index (χ4v) is 0.860. The van der Waals surface area contributed by atoms with Crippen molar-refractivity contribution < 1.29 is 0 Å². The molecule has 0 N–H and O–H groups in total. The van der Waals surface area contributed by atoms with Crippen LogP contribution < -0.4 is 0 Å². The van der Waals surface area contributed by atoms with Gasteiger partial charge < -0.3 is 0 Å². The third-order valence-electron chi connectivity index (χ3n) is 1.22. The second kappa shape index (κ2) is 3.28. The highest BCUT2D eigenvalue weighted by Gasteiger charge is 2.01. The summed E-state index contributed by atoms with van der Waals surface area (Å²) in [5.41, 5.74) is 0.903. The van der Waals surface area contributed by atoms with Crippen LogP contribution in [0.1, 0.15) is 10.8 Å². The van der Waals surface area contributed by atoms with Crippen LogP contribution in [-0.2, 0) is 0 Å². The van der Waals surface area contributed by atoms with Crippen molar-refractivity contribution >= 4 is 12.6 Å². The Labute approximate surface area is 65.7 Å².